The first kappa shape index (κ1) is 16.0. The van der Waals surface area contributed by atoms with Crippen molar-refractivity contribution in [1.82, 2.24) is 9.97 Å². The lowest BCUT2D eigenvalue weighted by atomic mass is 9.74. The minimum Gasteiger partial charge on any atom is -0.381 e. The zero-order valence-electron chi connectivity index (χ0n) is 12.6. The molecule has 1 aliphatic rings. The fourth-order valence-corrected chi connectivity index (χ4v) is 3.11. The third kappa shape index (κ3) is 3.71. The number of nitrogen functional groups attached to an aromatic ring is 1. The molecule has 1 aromatic heterocycles. The van der Waals surface area contributed by atoms with Crippen LogP contribution < -0.4 is 11.1 Å². The summed E-state index contributed by atoms with van der Waals surface area (Å²) in [5.74, 6) is 0.470. The van der Waals surface area contributed by atoms with Gasteiger partial charge in [-0.3, -0.25) is 0 Å². The Bertz CT molecular complexity index is 654. The molecule has 1 aliphatic heterocycles. The van der Waals surface area contributed by atoms with Gasteiger partial charge in [0.15, 0.2) is 0 Å². The van der Waals surface area contributed by atoms with E-state index < -0.39 is 0 Å². The molecule has 0 atom stereocenters. The van der Waals surface area contributed by atoms with E-state index in [2.05, 4.69) is 15.3 Å². The first-order valence-electron chi connectivity index (χ1n) is 7.45. The van der Waals surface area contributed by atoms with E-state index in [4.69, 9.17) is 22.1 Å². The van der Waals surface area contributed by atoms with E-state index in [0.29, 0.717) is 30.7 Å². The monoisotopic (exact) mass is 336 g/mol. The van der Waals surface area contributed by atoms with E-state index in [9.17, 15) is 4.39 Å². The lowest BCUT2D eigenvalue weighted by Gasteiger charge is -2.38. The highest BCUT2D eigenvalue weighted by Gasteiger charge is 2.34. The van der Waals surface area contributed by atoms with Gasteiger partial charge in [-0.05, 0) is 30.5 Å². The van der Waals surface area contributed by atoms with Gasteiger partial charge < -0.3 is 15.8 Å². The van der Waals surface area contributed by atoms with Gasteiger partial charge >= 0.3 is 0 Å². The van der Waals surface area contributed by atoms with Gasteiger partial charge in [0, 0.05) is 31.2 Å². The van der Waals surface area contributed by atoms with Crippen molar-refractivity contribution < 1.29 is 9.13 Å². The number of aromatic nitrogens is 2. The predicted molar refractivity (Wildman–Crippen MR) is 88.1 cm³/mol. The van der Waals surface area contributed by atoms with Crippen LogP contribution in [0.25, 0.3) is 0 Å². The minimum absolute atomic E-state index is 0.128. The number of halogens is 2. The smallest absolute Gasteiger partial charge is 0.223 e. The number of anilines is 2. The second-order valence-electron chi connectivity index (χ2n) is 5.69. The molecule has 1 fully saturated rings. The quantitative estimate of drug-likeness (QED) is 0.840. The third-order valence-corrected chi connectivity index (χ3v) is 4.42. The van der Waals surface area contributed by atoms with Crippen LogP contribution in [0.15, 0.2) is 30.3 Å². The third-order valence-electron chi connectivity index (χ3n) is 4.23. The fourth-order valence-electron chi connectivity index (χ4n) is 2.92. The van der Waals surface area contributed by atoms with Crippen LogP contribution in [0.3, 0.4) is 0 Å². The molecule has 7 heteroatoms. The highest BCUT2D eigenvalue weighted by Crippen LogP contribution is 2.35. The Morgan fingerprint density at radius 2 is 1.91 bits per heavy atom. The summed E-state index contributed by atoms with van der Waals surface area (Å²) in [4.78, 5) is 7.98. The Labute approximate surface area is 139 Å². The molecule has 0 saturated carbocycles. The Kier molecular flexibility index (Phi) is 4.63. The topological polar surface area (TPSA) is 73.1 Å². The van der Waals surface area contributed by atoms with Gasteiger partial charge in [-0.15, -0.1) is 0 Å². The van der Waals surface area contributed by atoms with Crippen LogP contribution >= 0.6 is 11.6 Å². The van der Waals surface area contributed by atoms with Gasteiger partial charge in [0.05, 0.1) is 0 Å². The van der Waals surface area contributed by atoms with Gasteiger partial charge in [0.25, 0.3) is 0 Å². The number of nitrogens with zero attached hydrogens (tertiary/aromatic N) is 2. The molecule has 3 rings (SSSR count). The molecule has 2 heterocycles. The summed E-state index contributed by atoms with van der Waals surface area (Å²) in [6, 6.07) is 8.29. The number of ether oxygens (including phenoxy) is 1. The molecule has 0 spiro atoms. The van der Waals surface area contributed by atoms with Crippen LogP contribution in [-0.2, 0) is 10.2 Å². The maximum absolute atomic E-state index is 13.2. The van der Waals surface area contributed by atoms with Crippen LogP contribution in [-0.4, -0.2) is 29.7 Å². The average molecular weight is 337 g/mol. The SMILES string of the molecule is Nc1nc(Cl)cc(NCC2(c3ccc(F)cc3)CCOCC2)n1. The van der Waals surface area contributed by atoms with Crippen molar-refractivity contribution in [2.24, 2.45) is 0 Å². The molecule has 1 saturated heterocycles. The Morgan fingerprint density at radius 3 is 2.57 bits per heavy atom. The van der Waals surface area contributed by atoms with E-state index >= 15 is 0 Å². The maximum Gasteiger partial charge on any atom is 0.223 e. The molecular formula is C16H18ClFN4O. The number of hydrogen-bond donors (Lipinski definition) is 2. The molecule has 122 valence electrons. The highest BCUT2D eigenvalue weighted by atomic mass is 35.5. The highest BCUT2D eigenvalue weighted by molar-refractivity contribution is 6.29. The second kappa shape index (κ2) is 6.68. The molecular weight excluding hydrogens is 319 g/mol. The average Bonchev–Trinajstić information content (AvgIpc) is 2.54. The first-order chi connectivity index (χ1) is 11.1. The number of benzene rings is 1. The van der Waals surface area contributed by atoms with E-state index in [1.165, 1.54) is 12.1 Å². The van der Waals surface area contributed by atoms with E-state index in [1.807, 2.05) is 12.1 Å². The van der Waals surface area contributed by atoms with E-state index in [0.717, 1.165) is 18.4 Å². The standard InChI is InChI=1S/C16H18ClFN4O/c17-13-9-14(22-15(19)21-13)20-10-16(5-7-23-8-6-16)11-1-3-12(18)4-2-11/h1-4,9H,5-8,10H2,(H3,19,20,21,22). The molecule has 3 N–H and O–H groups in total. The van der Waals surface area contributed by atoms with Crippen LogP contribution in [0, 0.1) is 5.82 Å². The molecule has 0 amide bonds. The van der Waals surface area contributed by atoms with Gasteiger partial charge in [-0.25, -0.2) is 9.37 Å². The van der Waals surface area contributed by atoms with E-state index in [1.54, 1.807) is 6.07 Å². The molecule has 0 aliphatic carbocycles. The van der Waals surface area contributed by atoms with Crippen molar-refractivity contribution in [3.05, 3.63) is 46.9 Å². The van der Waals surface area contributed by atoms with Crippen molar-refractivity contribution in [3.8, 4) is 0 Å². The number of nitrogens with two attached hydrogens (primary N) is 1. The lowest BCUT2D eigenvalue weighted by molar-refractivity contribution is 0.0543. The molecule has 5 nitrogen and oxygen atoms in total. The number of nitrogens with one attached hydrogen (secondary N) is 1. The second-order valence-corrected chi connectivity index (χ2v) is 6.07. The van der Waals surface area contributed by atoms with Crippen molar-refractivity contribution in [2.45, 2.75) is 18.3 Å². The summed E-state index contributed by atoms with van der Waals surface area (Å²) in [6.45, 7) is 1.98. The summed E-state index contributed by atoms with van der Waals surface area (Å²) in [7, 11) is 0. The van der Waals surface area contributed by atoms with Crippen molar-refractivity contribution in [1.29, 1.82) is 0 Å². The summed E-state index contributed by atoms with van der Waals surface area (Å²) in [6.07, 6.45) is 1.69. The zero-order valence-corrected chi connectivity index (χ0v) is 13.3. The maximum atomic E-state index is 13.2. The molecule has 23 heavy (non-hydrogen) atoms. The van der Waals surface area contributed by atoms with Crippen molar-refractivity contribution >= 4 is 23.4 Å². The first-order valence-corrected chi connectivity index (χ1v) is 7.83. The molecule has 1 aromatic carbocycles. The molecule has 2 aromatic rings. The fraction of sp³-hybridized carbons (Fsp3) is 0.375. The van der Waals surface area contributed by atoms with Gasteiger partial charge in [0.1, 0.15) is 16.8 Å². The van der Waals surface area contributed by atoms with Crippen molar-refractivity contribution in [3.63, 3.8) is 0 Å². The van der Waals surface area contributed by atoms with Gasteiger partial charge in [0.2, 0.25) is 5.95 Å². The summed E-state index contributed by atoms with van der Waals surface area (Å²) in [5, 5.41) is 3.58. The van der Waals surface area contributed by atoms with E-state index in [-0.39, 0.29) is 17.2 Å². The van der Waals surface area contributed by atoms with Crippen LogP contribution in [0.2, 0.25) is 5.15 Å². The summed E-state index contributed by atoms with van der Waals surface area (Å²) in [5.41, 5.74) is 6.57. The molecule has 0 unspecified atom stereocenters. The number of hydrogen-bond acceptors (Lipinski definition) is 5. The Balaban J connectivity index is 1.83. The Hall–Kier alpha value is -1.92. The minimum atomic E-state index is -0.237. The zero-order chi connectivity index (χ0) is 16.3. The Morgan fingerprint density at radius 1 is 1.22 bits per heavy atom. The predicted octanol–water partition coefficient (Wildman–Crippen LogP) is 3.01. The van der Waals surface area contributed by atoms with Crippen LogP contribution in [0.5, 0.6) is 0 Å². The van der Waals surface area contributed by atoms with Gasteiger partial charge in [-0.2, -0.15) is 4.98 Å². The summed E-state index contributed by atoms with van der Waals surface area (Å²) >= 11 is 5.91. The van der Waals surface area contributed by atoms with Crippen LogP contribution in [0.1, 0.15) is 18.4 Å². The van der Waals surface area contributed by atoms with Crippen molar-refractivity contribution in [2.75, 3.05) is 30.8 Å². The van der Waals surface area contributed by atoms with Crippen LogP contribution in [0.4, 0.5) is 16.2 Å². The number of rotatable bonds is 4. The largest absolute Gasteiger partial charge is 0.381 e. The normalized spacial score (nSPS) is 17.0. The van der Waals surface area contributed by atoms with Gasteiger partial charge in [-0.1, -0.05) is 23.7 Å². The summed E-state index contributed by atoms with van der Waals surface area (Å²) < 4.78 is 18.7. The molecule has 0 radical (unpaired) electrons. The lowest BCUT2D eigenvalue weighted by Crippen LogP contribution is -2.40. The molecule has 0 bridgehead atoms.